The third-order valence-corrected chi connectivity index (χ3v) is 1.14. The highest BCUT2D eigenvalue weighted by Gasteiger charge is 2.14. The average molecular weight is 197 g/mol. The molecule has 5 nitrogen and oxygen atoms in total. The number of hydrogen-bond donors (Lipinski definition) is 2. The third kappa shape index (κ3) is 4.92. The lowest BCUT2D eigenvalue weighted by atomic mass is 10.3. The zero-order valence-electron chi connectivity index (χ0n) is 6.98. The Kier molecular flexibility index (Phi) is 6.64. The van der Waals surface area contributed by atoms with Crippen LogP contribution in [0.15, 0.2) is 0 Å². The van der Waals surface area contributed by atoms with E-state index >= 15 is 0 Å². The van der Waals surface area contributed by atoms with Crippen molar-refractivity contribution in [3.05, 3.63) is 0 Å². The van der Waals surface area contributed by atoms with Gasteiger partial charge in [0.05, 0.1) is 6.04 Å². The Labute approximate surface area is 76.9 Å². The molecule has 0 aromatic heterocycles. The van der Waals surface area contributed by atoms with E-state index in [9.17, 15) is 9.59 Å². The lowest BCUT2D eigenvalue weighted by Gasteiger charge is -2.16. The molecule has 6 heteroatoms. The van der Waals surface area contributed by atoms with Crippen LogP contribution in [0.5, 0.6) is 0 Å². The first-order valence-electron chi connectivity index (χ1n) is 3.17. The van der Waals surface area contributed by atoms with Crippen molar-refractivity contribution < 1.29 is 14.7 Å². The van der Waals surface area contributed by atoms with Crippen LogP contribution < -0.4 is 5.73 Å². The van der Waals surface area contributed by atoms with Crippen molar-refractivity contribution in [1.82, 2.24) is 4.90 Å². The zero-order chi connectivity index (χ0) is 9.02. The van der Waals surface area contributed by atoms with Crippen LogP contribution in [0, 0.1) is 0 Å². The highest BCUT2D eigenvalue weighted by Crippen LogP contribution is 1.87. The molecule has 3 N–H and O–H groups in total. The molecule has 0 aliphatic carbocycles. The van der Waals surface area contributed by atoms with Crippen molar-refractivity contribution in [2.75, 3.05) is 13.6 Å². The van der Waals surface area contributed by atoms with Gasteiger partial charge in [0.1, 0.15) is 6.54 Å². The van der Waals surface area contributed by atoms with Crippen LogP contribution in [0.2, 0.25) is 0 Å². The lowest BCUT2D eigenvalue weighted by Crippen LogP contribution is -2.41. The molecule has 0 saturated heterocycles. The summed E-state index contributed by atoms with van der Waals surface area (Å²) in [6.45, 7) is 1.21. The molecule has 72 valence electrons. The van der Waals surface area contributed by atoms with E-state index in [4.69, 9.17) is 10.8 Å². The quantitative estimate of drug-likeness (QED) is 0.625. The fourth-order valence-electron chi connectivity index (χ4n) is 0.628. The molecule has 0 aliphatic rings. The summed E-state index contributed by atoms with van der Waals surface area (Å²) in [5, 5.41) is 8.28. The maximum Gasteiger partial charge on any atom is 0.323 e. The normalized spacial score (nSPS) is 11.2. The molecule has 12 heavy (non-hydrogen) atoms. The van der Waals surface area contributed by atoms with Gasteiger partial charge in [0.25, 0.3) is 0 Å². The van der Waals surface area contributed by atoms with Crippen LogP contribution in [0.25, 0.3) is 0 Å². The highest BCUT2D eigenvalue weighted by atomic mass is 35.5. The summed E-state index contributed by atoms with van der Waals surface area (Å²) in [7, 11) is 1.40. The number of hydrogen-bond acceptors (Lipinski definition) is 3. The van der Waals surface area contributed by atoms with E-state index < -0.39 is 12.0 Å². The predicted octanol–water partition coefficient (Wildman–Crippen LogP) is -0.702. The van der Waals surface area contributed by atoms with E-state index in [0.717, 1.165) is 4.90 Å². The van der Waals surface area contributed by atoms with Crippen LogP contribution in [0.3, 0.4) is 0 Å². The van der Waals surface area contributed by atoms with Crippen molar-refractivity contribution in [1.29, 1.82) is 0 Å². The first-order valence-corrected chi connectivity index (χ1v) is 3.17. The van der Waals surface area contributed by atoms with Gasteiger partial charge < -0.3 is 15.7 Å². The number of carboxylic acid groups (broad SMARTS) is 1. The first kappa shape index (κ1) is 13.8. The summed E-state index contributed by atoms with van der Waals surface area (Å²) in [6, 6.07) is -0.639. The number of likely N-dealkylation sites (N-methyl/N-ethyl adjacent to an activating group) is 1. The fourth-order valence-corrected chi connectivity index (χ4v) is 0.628. The van der Waals surface area contributed by atoms with E-state index in [2.05, 4.69) is 0 Å². The Morgan fingerprint density at radius 3 is 2.25 bits per heavy atom. The minimum atomic E-state index is -1.04. The van der Waals surface area contributed by atoms with Gasteiger partial charge in [-0.1, -0.05) is 0 Å². The Hall–Kier alpha value is -0.810. The second-order valence-electron chi connectivity index (χ2n) is 2.38. The molecular weight excluding hydrogens is 184 g/mol. The largest absolute Gasteiger partial charge is 0.480 e. The number of halogens is 1. The Morgan fingerprint density at radius 2 is 2.00 bits per heavy atom. The van der Waals surface area contributed by atoms with Crippen molar-refractivity contribution in [3.8, 4) is 0 Å². The van der Waals surface area contributed by atoms with E-state index in [0.29, 0.717) is 0 Å². The summed E-state index contributed by atoms with van der Waals surface area (Å²) >= 11 is 0. The van der Waals surface area contributed by atoms with Crippen LogP contribution in [-0.4, -0.2) is 41.5 Å². The highest BCUT2D eigenvalue weighted by molar-refractivity contribution is 5.85. The fraction of sp³-hybridized carbons (Fsp3) is 0.667. The van der Waals surface area contributed by atoms with Gasteiger partial charge in [-0.15, -0.1) is 12.4 Å². The molecule has 0 aromatic rings. The van der Waals surface area contributed by atoms with Gasteiger partial charge in [-0.25, -0.2) is 0 Å². The number of aliphatic carboxylic acids is 1. The van der Waals surface area contributed by atoms with Crippen LogP contribution >= 0.6 is 12.4 Å². The van der Waals surface area contributed by atoms with Crippen LogP contribution in [0.4, 0.5) is 0 Å². The third-order valence-electron chi connectivity index (χ3n) is 1.14. The smallest absolute Gasteiger partial charge is 0.323 e. The van der Waals surface area contributed by atoms with Crippen molar-refractivity contribution in [2.45, 2.75) is 13.0 Å². The molecule has 0 fully saturated rings. The summed E-state index contributed by atoms with van der Waals surface area (Å²) in [5.41, 5.74) is 5.23. The second kappa shape index (κ2) is 5.79. The van der Waals surface area contributed by atoms with Gasteiger partial charge in [-0.05, 0) is 6.92 Å². The summed E-state index contributed by atoms with van der Waals surface area (Å²) < 4.78 is 0. The summed E-state index contributed by atoms with van der Waals surface area (Å²) in [6.07, 6.45) is 0. The van der Waals surface area contributed by atoms with Gasteiger partial charge in [-0.3, -0.25) is 9.59 Å². The molecule has 0 aliphatic heterocycles. The second-order valence-corrected chi connectivity index (χ2v) is 2.38. The topological polar surface area (TPSA) is 83.6 Å². The molecular formula is C6H13ClN2O3. The Morgan fingerprint density at radius 1 is 1.58 bits per heavy atom. The average Bonchev–Trinajstić information content (AvgIpc) is 1.84. The van der Waals surface area contributed by atoms with Gasteiger partial charge in [-0.2, -0.15) is 0 Å². The van der Waals surface area contributed by atoms with Crippen molar-refractivity contribution in [3.63, 3.8) is 0 Å². The molecule has 0 radical (unpaired) electrons. The molecule has 0 unspecified atom stereocenters. The number of carboxylic acids is 1. The number of carbonyl (C=O) groups is 2. The zero-order valence-corrected chi connectivity index (χ0v) is 7.80. The number of nitrogens with zero attached hydrogens (tertiary/aromatic N) is 1. The van der Waals surface area contributed by atoms with Gasteiger partial charge in [0, 0.05) is 7.05 Å². The van der Waals surface area contributed by atoms with E-state index in [1.165, 1.54) is 14.0 Å². The Balaban J connectivity index is 0. The molecule has 0 saturated carbocycles. The van der Waals surface area contributed by atoms with E-state index in [1.807, 2.05) is 0 Å². The molecule has 0 aromatic carbocycles. The lowest BCUT2D eigenvalue weighted by molar-refractivity contribution is -0.143. The number of rotatable bonds is 3. The monoisotopic (exact) mass is 196 g/mol. The molecule has 0 heterocycles. The minimum absolute atomic E-state index is 0. The summed E-state index contributed by atoms with van der Waals surface area (Å²) in [4.78, 5) is 22.1. The maximum absolute atomic E-state index is 10.9. The molecule has 0 bridgehead atoms. The van der Waals surface area contributed by atoms with Crippen molar-refractivity contribution >= 4 is 24.3 Å². The molecule has 1 amide bonds. The SMILES string of the molecule is C[C@@H](N)C(=O)N(C)CC(=O)O.Cl. The Bertz CT molecular complexity index is 172. The molecule has 0 spiro atoms. The first-order chi connectivity index (χ1) is 4.95. The van der Waals surface area contributed by atoms with Gasteiger partial charge in [0.2, 0.25) is 5.91 Å². The van der Waals surface area contributed by atoms with Crippen molar-refractivity contribution in [2.24, 2.45) is 5.73 Å². The molecule has 1 atom stereocenters. The number of amides is 1. The van der Waals surface area contributed by atoms with Gasteiger partial charge in [0.15, 0.2) is 0 Å². The summed E-state index contributed by atoms with van der Waals surface area (Å²) in [5.74, 6) is -1.41. The molecule has 0 rings (SSSR count). The van der Waals surface area contributed by atoms with E-state index in [1.54, 1.807) is 0 Å². The van der Waals surface area contributed by atoms with E-state index in [-0.39, 0.29) is 24.9 Å². The van der Waals surface area contributed by atoms with Crippen LogP contribution in [0.1, 0.15) is 6.92 Å². The number of carbonyl (C=O) groups excluding carboxylic acids is 1. The number of nitrogens with two attached hydrogens (primary N) is 1. The maximum atomic E-state index is 10.9. The minimum Gasteiger partial charge on any atom is -0.480 e. The van der Waals surface area contributed by atoms with Crippen LogP contribution in [-0.2, 0) is 9.59 Å². The van der Waals surface area contributed by atoms with Gasteiger partial charge >= 0.3 is 5.97 Å². The predicted molar refractivity (Wildman–Crippen MR) is 46.2 cm³/mol. The standard InChI is InChI=1S/C6H12N2O3.ClH/c1-4(7)6(11)8(2)3-5(9)10;/h4H,3,7H2,1-2H3,(H,9,10);1H/t4-;/m1./s1.